The van der Waals surface area contributed by atoms with Gasteiger partial charge in [-0.05, 0) is 47.9 Å². The molecule has 0 radical (unpaired) electrons. The number of carbonyl (C=O) groups excluding carboxylic acids is 5. The summed E-state index contributed by atoms with van der Waals surface area (Å²) in [5.41, 5.74) is 4.74. The van der Waals surface area contributed by atoms with Gasteiger partial charge in [-0.2, -0.15) is 0 Å². The first-order valence-corrected chi connectivity index (χ1v) is 14.2. The summed E-state index contributed by atoms with van der Waals surface area (Å²) < 4.78 is 5.54. The van der Waals surface area contributed by atoms with E-state index in [1.54, 1.807) is 0 Å². The third-order valence-electron chi connectivity index (χ3n) is 7.38. The van der Waals surface area contributed by atoms with E-state index in [0.29, 0.717) is 25.9 Å². The SMILES string of the molecule is O=C(CCCCCNC(=O)OCC1c2ccccc2-c2ccccc21)NCCCCCC(=O)N1C(=O)CCC1=O. The van der Waals surface area contributed by atoms with Gasteiger partial charge in [0.05, 0.1) is 0 Å². The summed E-state index contributed by atoms with van der Waals surface area (Å²) in [5.74, 6) is -1.23. The van der Waals surface area contributed by atoms with Gasteiger partial charge in [0, 0.05) is 44.7 Å². The van der Waals surface area contributed by atoms with Crippen LogP contribution in [0.5, 0.6) is 0 Å². The Morgan fingerprint density at radius 3 is 1.90 bits per heavy atom. The molecular weight excluding hydrogens is 510 g/mol. The van der Waals surface area contributed by atoms with Crippen molar-refractivity contribution in [3.63, 3.8) is 0 Å². The van der Waals surface area contributed by atoms with Gasteiger partial charge in [0.25, 0.3) is 0 Å². The average Bonchev–Trinajstić information content (AvgIpc) is 3.47. The molecule has 1 aliphatic heterocycles. The highest BCUT2D eigenvalue weighted by molar-refractivity contribution is 6.14. The van der Waals surface area contributed by atoms with Crippen LogP contribution in [0.25, 0.3) is 11.1 Å². The second kappa shape index (κ2) is 14.4. The van der Waals surface area contributed by atoms with Crippen LogP contribution >= 0.6 is 0 Å². The van der Waals surface area contributed by atoms with E-state index in [2.05, 4.69) is 34.9 Å². The van der Waals surface area contributed by atoms with Gasteiger partial charge in [0.2, 0.25) is 23.6 Å². The zero-order valence-electron chi connectivity index (χ0n) is 22.8. The predicted molar refractivity (Wildman–Crippen MR) is 149 cm³/mol. The van der Waals surface area contributed by atoms with Crippen molar-refractivity contribution in [3.05, 3.63) is 59.7 Å². The van der Waals surface area contributed by atoms with E-state index < -0.39 is 23.8 Å². The second-order valence-corrected chi connectivity index (χ2v) is 10.2. The molecule has 212 valence electrons. The van der Waals surface area contributed by atoms with E-state index in [9.17, 15) is 24.0 Å². The Morgan fingerprint density at radius 1 is 0.725 bits per heavy atom. The Balaban J connectivity index is 1.000. The lowest BCUT2D eigenvalue weighted by Gasteiger charge is -2.14. The highest BCUT2D eigenvalue weighted by atomic mass is 16.5. The maximum Gasteiger partial charge on any atom is 0.407 e. The molecule has 2 aromatic carbocycles. The molecule has 0 unspecified atom stereocenters. The molecule has 0 spiro atoms. The van der Waals surface area contributed by atoms with E-state index in [1.165, 1.54) is 22.3 Å². The molecular formula is C31H37N3O6. The number of benzene rings is 2. The van der Waals surface area contributed by atoms with Gasteiger partial charge in [-0.3, -0.25) is 19.2 Å². The summed E-state index contributed by atoms with van der Waals surface area (Å²) in [6.07, 6.45) is 4.71. The first kappa shape index (κ1) is 29.0. The molecule has 4 rings (SSSR count). The number of nitrogens with zero attached hydrogens (tertiary/aromatic N) is 1. The Kier molecular flexibility index (Phi) is 10.4. The van der Waals surface area contributed by atoms with Crippen molar-refractivity contribution in [1.82, 2.24) is 15.5 Å². The molecule has 2 aromatic rings. The smallest absolute Gasteiger partial charge is 0.407 e. The lowest BCUT2D eigenvalue weighted by atomic mass is 9.98. The fourth-order valence-corrected chi connectivity index (χ4v) is 5.29. The summed E-state index contributed by atoms with van der Waals surface area (Å²) in [5, 5.41) is 5.68. The number of amides is 5. The number of nitrogens with one attached hydrogen (secondary N) is 2. The molecule has 0 aromatic heterocycles. The van der Waals surface area contributed by atoms with Crippen LogP contribution in [-0.4, -0.2) is 54.3 Å². The molecule has 9 heteroatoms. The number of alkyl carbamates (subject to hydrolysis) is 1. The lowest BCUT2D eigenvalue weighted by Crippen LogP contribution is -2.35. The second-order valence-electron chi connectivity index (χ2n) is 10.2. The number of hydrogen-bond donors (Lipinski definition) is 2. The Labute approximate surface area is 234 Å². The molecule has 0 saturated carbocycles. The summed E-state index contributed by atoms with van der Waals surface area (Å²) in [6, 6.07) is 16.4. The molecule has 1 aliphatic carbocycles. The molecule has 2 N–H and O–H groups in total. The third kappa shape index (κ3) is 7.55. The van der Waals surface area contributed by atoms with Gasteiger partial charge in [-0.15, -0.1) is 0 Å². The van der Waals surface area contributed by atoms with Gasteiger partial charge in [0.15, 0.2) is 0 Å². The van der Waals surface area contributed by atoms with Gasteiger partial charge < -0.3 is 15.4 Å². The van der Waals surface area contributed by atoms with Crippen molar-refractivity contribution < 1.29 is 28.7 Å². The highest BCUT2D eigenvalue weighted by Crippen LogP contribution is 2.44. The summed E-state index contributed by atoms with van der Waals surface area (Å²) in [6.45, 7) is 1.30. The van der Waals surface area contributed by atoms with Crippen LogP contribution in [-0.2, 0) is 23.9 Å². The van der Waals surface area contributed by atoms with Crippen LogP contribution in [0.4, 0.5) is 4.79 Å². The van der Waals surface area contributed by atoms with E-state index in [1.807, 2.05) is 24.3 Å². The molecule has 5 amide bonds. The zero-order chi connectivity index (χ0) is 28.3. The molecule has 9 nitrogen and oxygen atoms in total. The predicted octanol–water partition coefficient (Wildman–Crippen LogP) is 4.44. The van der Waals surface area contributed by atoms with Crippen molar-refractivity contribution in [3.8, 4) is 11.1 Å². The minimum atomic E-state index is -0.431. The van der Waals surface area contributed by atoms with Gasteiger partial charge in [-0.1, -0.05) is 61.4 Å². The number of rotatable bonds is 14. The van der Waals surface area contributed by atoms with E-state index in [-0.39, 0.29) is 37.7 Å². The maximum absolute atomic E-state index is 12.2. The molecule has 0 bridgehead atoms. The van der Waals surface area contributed by atoms with Crippen molar-refractivity contribution in [1.29, 1.82) is 0 Å². The standard InChI is InChI=1S/C31H37N3O6/c35-27(32-19-9-2-4-16-28(36)34-29(37)17-18-30(34)38)15-3-1-10-20-33-31(39)40-21-26-24-13-7-5-11-22(24)23-12-6-8-14-25(23)26/h5-8,11-14,26H,1-4,9-10,15-21H2,(H,32,35)(H,33,39). The first-order chi connectivity index (χ1) is 19.5. The summed E-state index contributed by atoms with van der Waals surface area (Å²) in [4.78, 5) is 60.2. The van der Waals surface area contributed by atoms with Crippen molar-refractivity contribution in [2.75, 3.05) is 19.7 Å². The quantitative estimate of drug-likeness (QED) is 0.266. The van der Waals surface area contributed by atoms with Crippen LogP contribution in [0.1, 0.15) is 81.3 Å². The van der Waals surface area contributed by atoms with Crippen LogP contribution in [0.3, 0.4) is 0 Å². The van der Waals surface area contributed by atoms with Gasteiger partial charge in [0.1, 0.15) is 6.61 Å². The topological polar surface area (TPSA) is 122 Å². The summed E-state index contributed by atoms with van der Waals surface area (Å²) >= 11 is 0. The first-order valence-electron chi connectivity index (χ1n) is 14.2. The van der Waals surface area contributed by atoms with E-state index >= 15 is 0 Å². The van der Waals surface area contributed by atoms with E-state index in [4.69, 9.17) is 4.74 Å². The van der Waals surface area contributed by atoms with Crippen LogP contribution < -0.4 is 10.6 Å². The molecule has 0 atom stereocenters. The van der Waals surface area contributed by atoms with Crippen LogP contribution in [0.15, 0.2) is 48.5 Å². The van der Waals surface area contributed by atoms with Crippen molar-refractivity contribution in [2.45, 2.75) is 70.1 Å². The van der Waals surface area contributed by atoms with Crippen molar-refractivity contribution >= 4 is 29.7 Å². The average molecular weight is 548 g/mol. The lowest BCUT2D eigenvalue weighted by molar-refractivity contribution is -0.149. The highest BCUT2D eigenvalue weighted by Gasteiger charge is 2.33. The number of likely N-dealkylation sites (tertiary alicyclic amines) is 1. The Morgan fingerprint density at radius 2 is 1.27 bits per heavy atom. The normalized spacial score (nSPS) is 14.2. The Bertz CT molecular complexity index is 1180. The Hall–Kier alpha value is -4.01. The molecule has 2 aliphatic rings. The molecule has 1 heterocycles. The number of fused-ring (bicyclic) bond motifs is 3. The van der Waals surface area contributed by atoms with Crippen LogP contribution in [0, 0.1) is 0 Å². The molecule has 1 fully saturated rings. The minimum Gasteiger partial charge on any atom is -0.449 e. The van der Waals surface area contributed by atoms with Crippen LogP contribution in [0.2, 0.25) is 0 Å². The van der Waals surface area contributed by atoms with Crippen molar-refractivity contribution in [2.24, 2.45) is 0 Å². The largest absolute Gasteiger partial charge is 0.449 e. The summed E-state index contributed by atoms with van der Waals surface area (Å²) in [7, 11) is 0. The number of hydrogen-bond acceptors (Lipinski definition) is 6. The molecule has 1 saturated heterocycles. The zero-order valence-corrected chi connectivity index (χ0v) is 22.8. The number of ether oxygens (including phenoxy) is 1. The molecule has 40 heavy (non-hydrogen) atoms. The van der Waals surface area contributed by atoms with E-state index in [0.717, 1.165) is 37.0 Å². The number of imide groups is 3. The third-order valence-corrected chi connectivity index (χ3v) is 7.38. The van der Waals surface area contributed by atoms with Gasteiger partial charge in [-0.25, -0.2) is 9.69 Å². The van der Waals surface area contributed by atoms with Gasteiger partial charge >= 0.3 is 6.09 Å². The maximum atomic E-state index is 12.2. The fourth-order valence-electron chi connectivity index (χ4n) is 5.29. The monoisotopic (exact) mass is 547 g/mol. The number of unbranched alkanes of at least 4 members (excludes halogenated alkanes) is 4. The minimum absolute atomic E-state index is 0.0196. The fraction of sp³-hybridized carbons (Fsp3) is 0.452. The number of carbonyl (C=O) groups is 5.